The Morgan fingerprint density at radius 3 is 1.50 bits per heavy atom. The lowest BCUT2D eigenvalue weighted by Gasteiger charge is -2.08. The fraction of sp³-hybridized carbons (Fsp3) is 0.200. The van der Waals surface area contributed by atoms with Crippen LogP contribution in [0.2, 0.25) is 0 Å². The van der Waals surface area contributed by atoms with Crippen molar-refractivity contribution in [2.24, 2.45) is 0 Å². The third kappa shape index (κ3) is 6.50. The van der Waals surface area contributed by atoms with Crippen molar-refractivity contribution in [3.05, 3.63) is 43.5 Å². The zero-order valence-electron chi connectivity index (χ0n) is 14.3. The molecule has 4 nitrogen and oxygen atoms in total. The maximum atomic E-state index is 5.58. The molecule has 0 spiro atoms. The Labute approximate surface area is 180 Å². The lowest BCUT2D eigenvalue weighted by atomic mass is 10.3. The Morgan fingerprint density at radius 2 is 1.12 bits per heavy atom. The van der Waals surface area contributed by atoms with E-state index in [2.05, 4.69) is 68.9 Å². The molecule has 26 heavy (non-hydrogen) atoms. The maximum Gasteiger partial charge on any atom is 0.162 e. The van der Waals surface area contributed by atoms with Gasteiger partial charge in [0.15, 0.2) is 23.0 Å². The van der Waals surface area contributed by atoms with Crippen molar-refractivity contribution in [1.29, 1.82) is 0 Å². The molecule has 134 valence electrons. The first-order chi connectivity index (χ1) is 12.6. The summed E-state index contributed by atoms with van der Waals surface area (Å²) in [5.74, 6) is 13.8. The largest absolute Gasteiger partial charge is 0.493 e. The summed E-state index contributed by atoms with van der Waals surface area (Å²) in [6, 6.07) is 11.4. The first kappa shape index (κ1) is 20.5. The molecular weight excluding hydrogens is 558 g/mol. The monoisotopic (exact) mass is 574 g/mol. The van der Waals surface area contributed by atoms with Gasteiger partial charge in [-0.3, -0.25) is 0 Å². The van der Waals surface area contributed by atoms with Gasteiger partial charge in [0.2, 0.25) is 0 Å². The predicted molar refractivity (Wildman–Crippen MR) is 118 cm³/mol. The van der Waals surface area contributed by atoms with Crippen LogP contribution < -0.4 is 18.9 Å². The van der Waals surface area contributed by atoms with E-state index in [4.69, 9.17) is 18.9 Å². The van der Waals surface area contributed by atoms with Crippen LogP contribution in [0, 0.1) is 30.8 Å². The quantitative estimate of drug-likeness (QED) is 0.380. The average molecular weight is 574 g/mol. The van der Waals surface area contributed by atoms with Crippen molar-refractivity contribution >= 4 is 45.2 Å². The highest BCUT2D eigenvalue weighted by atomic mass is 127. The SMILES string of the molecule is COc1cc(I)ccc1OCC#CC#CCOc1ccc(I)cc1OC. The highest BCUT2D eigenvalue weighted by molar-refractivity contribution is 14.1. The van der Waals surface area contributed by atoms with Crippen molar-refractivity contribution in [3.63, 3.8) is 0 Å². The number of hydrogen-bond donors (Lipinski definition) is 0. The minimum Gasteiger partial charge on any atom is -0.493 e. The third-order valence-corrected chi connectivity index (χ3v) is 4.43. The van der Waals surface area contributed by atoms with Gasteiger partial charge in [-0.1, -0.05) is 0 Å². The fourth-order valence-corrected chi connectivity index (χ4v) is 2.83. The van der Waals surface area contributed by atoms with Crippen LogP contribution >= 0.6 is 45.2 Å². The van der Waals surface area contributed by atoms with E-state index in [1.807, 2.05) is 36.4 Å². The van der Waals surface area contributed by atoms with Gasteiger partial charge in [-0.2, -0.15) is 0 Å². The van der Waals surface area contributed by atoms with Crippen LogP contribution in [0.1, 0.15) is 0 Å². The van der Waals surface area contributed by atoms with Crippen LogP contribution in [0.3, 0.4) is 0 Å². The summed E-state index contributed by atoms with van der Waals surface area (Å²) in [7, 11) is 3.22. The van der Waals surface area contributed by atoms with Gasteiger partial charge in [0, 0.05) is 7.14 Å². The van der Waals surface area contributed by atoms with Crippen LogP contribution in [-0.4, -0.2) is 27.4 Å². The van der Waals surface area contributed by atoms with Gasteiger partial charge in [-0.05, 0) is 105 Å². The molecule has 0 heterocycles. The van der Waals surface area contributed by atoms with E-state index >= 15 is 0 Å². The number of rotatable bonds is 6. The molecule has 0 radical (unpaired) electrons. The van der Waals surface area contributed by atoms with Gasteiger partial charge < -0.3 is 18.9 Å². The molecule has 0 atom stereocenters. The summed E-state index contributed by atoms with van der Waals surface area (Å²) in [5.41, 5.74) is 0. The summed E-state index contributed by atoms with van der Waals surface area (Å²) >= 11 is 4.43. The van der Waals surface area contributed by atoms with E-state index in [0.29, 0.717) is 23.0 Å². The second-order valence-corrected chi connectivity index (χ2v) is 7.26. The average Bonchev–Trinajstić information content (AvgIpc) is 2.65. The van der Waals surface area contributed by atoms with Crippen LogP contribution in [0.5, 0.6) is 23.0 Å². The zero-order valence-corrected chi connectivity index (χ0v) is 18.6. The van der Waals surface area contributed by atoms with Crippen molar-refractivity contribution < 1.29 is 18.9 Å². The smallest absolute Gasteiger partial charge is 0.162 e. The Bertz CT molecular complexity index is 799. The Balaban J connectivity index is 1.81. The number of methoxy groups -OCH3 is 2. The molecule has 0 saturated heterocycles. The summed E-state index contributed by atoms with van der Waals surface area (Å²) in [6.45, 7) is 0.467. The van der Waals surface area contributed by atoms with Crippen molar-refractivity contribution in [2.45, 2.75) is 0 Å². The van der Waals surface area contributed by atoms with Gasteiger partial charge in [-0.25, -0.2) is 0 Å². The number of hydrogen-bond acceptors (Lipinski definition) is 4. The summed E-state index contributed by atoms with van der Waals surface area (Å²) in [6.07, 6.45) is 0. The molecule has 2 aromatic carbocycles. The predicted octanol–water partition coefficient (Wildman–Crippen LogP) is 4.38. The highest BCUT2D eigenvalue weighted by Crippen LogP contribution is 2.29. The van der Waals surface area contributed by atoms with E-state index in [1.165, 1.54) is 0 Å². The van der Waals surface area contributed by atoms with Crippen LogP contribution in [0.15, 0.2) is 36.4 Å². The molecule has 0 aliphatic rings. The zero-order chi connectivity index (χ0) is 18.8. The minimum atomic E-state index is 0.234. The number of halogens is 2. The number of benzene rings is 2. The Kier molecular flexibility index (Phi) is 8.72. The molecular formula is C20H16I2O4. The molecule has 0 saturated carbocycles. The van der Waals surface area contributed by atoms with Crippen LogP contribution in [0.4, 0.5) is 0 Å². The van der Waals surface area contributed by atoms with Crippen molar-refractivity contribution in [2.75, 3.05) is 27.4 Å². The molecule has 2 aromatic rings. The van der Waals surface area contributed by atoms with Gasteiger partial charge in [0.25, 0.3) is 0 Å². The molecule has 0 N–H and O–H groups in total. The Hall–Kier alpha value is -1.78. The molecule has 0 fully saturated rings. The van der Waals surface area contributed by atoms with Crippen LogP contribution in [-0.2, 0) is 0 Å². The number of ether oxygens (including phenoxy) is 4. The van der Waals surface area contributed by atoms with E-state index in [0.717, 1.165) is 7.14 Å². The van der Waals surface area contributed by atoms with Crippen molar-refractivity contribution in [1.82, 2.24) is 0 Å². The second kappa shape index (κ2) is 11.0. The first-order valence-electron chi connectivity index (χ1n) is 7.52. The normalized spacial score (nSPS) is 9.23. The van der Waals surface area contributed by atoms with Crippen LogP contribution in [0.25, 0.3) is 0 Å². The molecule has 2 rings (SSSR count). The maximum absolute atomic E-state index is 5.58. The van der Waals surface area contributed by atoms with Gasteiger partial charge in [0.1, 0.15) is 13.2 Å². The molecule has 0 amide bonds. The molecule has 0 unspecified atom stereocenters. The second-order valence-electron chi connectivity index (χ2n) is 4.77. The topological polar surface area (TPSA) is 36.9 Å². The van der Waals surface area contributed by atoms with E-state index in [9.17, 15) is 0 Å². The van der Waals surface area contributed by atoms with E-state index in [1.54, 1.807) is 14.2 Å². The lowest BCUT2D eigenvalue weighted by molar-refractivity contribution is 0.330. The molecule has 0 aromatic heterocycles. The molecule has 0 aliphatic heterocycles. The summed E-state index contributed by atoms with van der Waals surface area (Å²) in [5, 5.41) is 0. The summed E-state index contributed by atoms with van der Waals surface area (Å²) < 4.78 is 23.9. The minimum absolute atomic E-state index is 0.234. The Morgan fingerprint density at radius 1 is 0.692 bits per heavy atom. The van der Waals surface area contributed by atoms with Gasteiger partial charge in [-0.15, -0.1) is 0 Å². The van der Waals surface area contributed by atoms with E-state index < -0.39 is 0 Å². The summed E-state index contributed by atoms with van der Waals surface area (Å²) in [4.78, 5) is 0. The molecule has 0 bridgehead atoms. The van der Waals surface area contributed by atoms with E-state index in [-0.39, 0.29) is 13.2 Å². The highest BCUT2D eigenvalue weighted by Gasteiger charge is 2.04. The molecule has 0 aliphatic carbocycles. The molecule has 6 heteroatoms. The third-order valence-electron chi connectivity index (χ3n) is 3.09. The standard InChI is InChI=1S/C20H16I2O4/c1-23-19-13-15(21)7-9-17(19)25-11-5-3-4-6-12-26-18-10-8-16(22)14-20(18)24-2/h7-10,13-14H,11-12H2,1-2H3. The van der Waals surface area contributed by atoms with Gasteiger partial charge in [0.05, 0.1) is 14.2 Å². The van der Waals surface area contributed by atoms with Gasteiger partial charge >= 0.3 is 0 Å². The lowest BCUT2D eigenvalue weighted by Crippen LogP contribution is -1.97. The fourth-order valence-electron chi connectivity index (χ4n) is 1.91. The first-order valence-corrected chi connectivity index (χ1v) is 9.68. The van der Waals surface area contributed by atoms with Crippen molar-refractivity contribution in [3.8, 4) is 46.7 Å².